The molecule has 4 aromatic carbocycles. The lowest BCUT2D eigenvalue weighted by molar-refractivity contribution is 0.0952. The molecule has 0 aromatic heterocycles. The van der Waals surface area contributed by atoms with Crippen molar-refractivity contribution >= 4 is 34.5 Å². The van der Waals surface area contributed by atoms with E-state index in [1.165, 1.54) is 12.1 Å². The molecule has 2 N–H and O–H groups in total. The molecule has 0 saturated carbocycles. The third-order valence-electron chi connectivity index (χ3n) is 4.78. The number of hydrogen-bond acceptors (Lipinski definition) is 4. The van der Waals surface area contributed by atoms with Crippen molar-refractivity contribution in [2.45, 2.75) is 6.61 Å². The Labute approximate surface area is 184 Å². The predicted molar refractivity (Wildman–Crippen MR) is 123 cm³/mol. The molecule has 0 spiro atoms. The fourth-order valence-corrected chi connectivity index (χ4v) is 3.38. The lowest BCUT2D eigenvalue weighted by atomic mass is 10.0. The van der Waals surface area contributed by atoms with Crippen LogP contribution in [-0.4, -0.2) is 17.2 Å². The minimum Gasteiger partial charge on any atom is -0.507 e. The number of nitrogens with zero attached hydrogens (tertiary/aromatic N) is 1. The van der Waals surface area contributed by atoms with Crippen LogP contribution in [0.3, 0.4) is 0 Å². The number of hydrazone groups is 1. The Hall–Kier alpha value is -3.83. The summed E-state index contributed by atoms with van der Waals surface area (Å²) in [7, 11) is 0. The normalized spacial score (nSPS) is 11.0. The standard InChI is InChI=1S/C25H19ClN2O3/c26-22-11-5-2-8-18(22)16-31-24-14-13-17-7-1-3-9-19(17)21(24)15-27-28-25(30)20-10-4-6-12-23(20)29/h1-15,29H,16H2,(H,28,30)/b27-15-. The second-order valence-corrected chi connectivity index (χ2v) is 7.20. The monoisotopic (exact) mass is 430 g/mol. The van der Waals surface area contributed by atoms with E-state index in [9.17, 15) is 9.90 Å². The number of nitrogens with one attached hydrogen (secondary N) is 1. The van der Waals surface area contributed by atoms with Crippen LogP contribution >= 0.6 is 11.6 Å². The van der Waals surface area contributed by atoms with Gasteiger partial charge in [0.15, 0.2) is 0 Å². The number of rotatable bonds is 6. The van der Waals surface area contributed by atoms with Crippen molar-refractivity contribution in [3.8, 4) is 11.5 Å². The number of para-hydroxylation sites is 1. The van der Waals surface area contributed by atoms with Gasteiger partial charge in [-0.2, -0.15) is 5.10 Å². The highest BCUT2D eigenvalue weighted by Crippen LogP contribution is 2.28. The molecule has 1 amide bonds. The van der Waals surface area contributed by atoms with Crippen molar-refractivity contribution in [3.63, 3.8) is 0 Å². The summed E-state index contributed by atoms with van der Waals surface area (Å²) < 4.78 is 6.05. The van der Waals surface area contributed by atoms with Gasteiger partial charge >= 0.3 is 0 Å². The molecule has 5 nitrogen and oxygen atoms in total. The van der Waals surface area contributed by atoms with Crippen molar-refractivity contribution in [1.82, 2.24) is 5.43 Å². The third kappa shape index (κ3) is 4.68. The van der Waals surface area contributed by atoms with Crippen LogP contribution < -0.4 is 10.2 Å². The molecule has 0 saturated heterocycles. The largest absolute Gasteiger partial charge is 0.507 e. The van der Waals surface area contributed by atoms with E-state index in [1.54, 1.807) is 18.3 Å². The Kier molecular flexibility index (Phi) is 6.15. The maximum absolute atomic E-state index is 12.3. The number of hydrogen-bond donors (Lipinski definition) is 2. The summed E-state index contributed by atoms with van der Waals surface area (Å²) in [5.74, 6) is -0.00331. The molecule has 0 aliphatic heterocycles. The number of ether oxygens (including phenoxy) is 1. The topological polar surface area (TPSA) is 70.9 Å². The third-order valence-corrected chi connectivity index (χ3v) is 5.15. The lowest BCUT2D eigenvalue weighted by Gasteiger charge is -2.12. The summed E-state index contributed by atoms with van der Waals surface area (Å²) in [5, 5.41) is 16.5. The van der Waals surface area contributed by atoms with Gasteiger partial charge in [0.25, 0.3) is 5.91 Å². The molecule has 0 heterocycles. The van der Waals surface area contributed by atoms with Crippen LogP contribution in [0.1, 0.15) is 21.5 Å². The first-order chi connectivity index (χ1) is 15.1. The molecule has 0 bridgehead atoms. The van der Waals surface area contributed by atoms with Crippen LogP contribution in [0, 0.1) is 0 Å². The Morgan fingerprint density at radius 3 is 2.55 bits per heavy atom. The van der Waals surface area contributed by atoms with Gasteiger partial charge in [-0.25, -0.2) is 5.43 Å². The minimum absolute atomic E-state index is 0.107. The summed E-state index contributed by atoms with van der Waals surface area (Å²) in [6, 6.07) is 25.5. The molecule has 4 aromatic rings. The molecule has 0 radical (unpaired) electrons. The zero-order valence-electron chi connectivity index (χ0n) is 16.5. The van der Waals surface area contributed by atoms with Gasteiger partial charge in [-0.15, -0.1) is 0 Å². The van der Waals surface area contributed by atoms with Gasteiger partial charge in [0.1, 0.15) is 18.1 Å². The molecule has 154 valence electrons. The second-order valence-electron chi connectivity index (χ2n) is 6.79. The van der Waals surface area contributed by atoms with Gasteiger partial charge < -0.3 is 9.84 Å². The predicted octanol–water partition coefficient (Wildman–Crippen LogP) is 5.54. The van der Waals surface area contributed by atoms with Gasteiger partial charge in [-0.05, 0) is 35.0 Å². The maximum Gasteiger partial charge on any atom is 0.275 e. The number of fused-ring (bicyclic) bond motifs is 1. The van der Waals surface area contributed by atoms with Gasteiger partial charge in [0.05, 0.1) is 11.8 Å². The summed E-state index contributed by atoms with van der Waals surface area (Å²) >= 11 is 6.24. The average Bonchev–Trinajstić information content (AvgIpc) is 2.79. The van der Waals surface area contributed by atoms with E-state index in [0.717, 1.165) is 21.9 Å². The quantitative estimate of drug-likeness (QED) is 0.311. The number of benzene rings is 4. The molecule has 4 rings (SSSR count). The van der Waals surface area contributed by atoms with E-state index in [0.29, 0.717) is 17.4 Å². The number of amides is 1. The van der Waals surface area contributed by atoms with E-state index in [-0.39, 0.29) is 11.3 Å². The number of aromatic hydroxyl groups is 1. The van der Waals surface area contributed by atoms with Gasteiger partial charge in [0, 0.05) is 16.1 Å². The van der Waals surface area contributed by atoms with Gasteiger partial charge in [-0.3, -0.25) is 4.79 Å². The van der Waals surface area contributed by atoms with Crippen molar-refractivity contribution in [2.75, 3.05) is 0 Å². The Morgan fingerprint density at radius 2 is 1.71 bits per heavy atom. The summed E-state index contributed by atoms with van der Waals surface area (Å²) in [4.78, 5) is 12.3. The summed E-state index contributed by atoms with van der Waals surface area (Å²) in [6.07, 6.45) is 1.54. The lowest BCUT2D eigenvalue weighted by Crippen LogP contribution is -2.17. The van der Waals surface area contributed by atoms with Crippen LogP contribution in [0.5, 0.6) is 11.5 Å². The van der Waals surface area contributed by atoms with Crippen LogP contribution in [0.25, 0.3) is 10.8 Å². The first-order valence-electron chi connectivity index (χ1n) is 9.63. The number of carbonyl (C=O) groups excluding carboxylic acids is 1. The van der Waals surface area contributed by atoms with Crippen molar-refractivity contribution < 1.29 is 14.6 Å². The first-order valence-corrected chi connectivity index (χ1v) is 10.0. The van der Waals surface area contributed by atoms with Crippen LogP contribution in [0.15, 0.2) is 90.0 Å². The average molecular weight is 431 g/mol. The number of phenolic OH excluding ortho intramolecular Hbond substituents is 1. The molecular formula is C25H19ClN2O3. The SMILES string of the molecule is O=C(N/N=C\c1c(OCc2ccccc2Cl)ccc2ccccc12)c1ccccc1O. The fourth-order valence-electron chi connectivity index (χ4n) is 3.19. The van der Waals surface area contributed by atoms with E-state index < -0.39 is 5.91 Å². The van der Waals surface area contributed by atoms with Crippen LogP contribution in [-0.2, 0) is 6.61 Å². The highest BCUT2D eigenvalue weighted by molar-refractivity contribution is 6.31. The fraction of sp³-hybridized carbons (Fsp3) is 0.0400. The molecule has 6 heteroatoms. The number of phenols is 1. The van der Waals surface area contributed by atoms with Crippen LogP contribution in [0.2, 0.25) is 5.02 Å². The number of halogens is 1. The van der Waals surface area contributed by atoms with Gasteiger partial charge in [0.2, 0.25) is 0 Å². The van der Waals surface area contributed by atoms with E-state index >= 15 is 0 Å². The van der Waals surface area contributed by atoms with E-state index in [1.807, 2.05) is 60.7 Å². The first kappa shape index (κ1) is 20.4. The minimum atomic E-state index is -0.506. The van der Waals surface area contributed by atoms with Crippen LogP contribution in [0.4, 0.5) is 0 Å². The summed E-state index contributed by atoms with van der Waals surface area (Å²) in [6.45, 7) is 0.295. The zero-order chi connectivity index (χ0) is 21.6. The molecule has 0 atom stereocenters. The zero-order valence-corrected chi connectivity index (χ0v) is 17.2. The highest BCUT2D eigenvalue weighted by atomic mass is 35.5. The Bertz CT molecular complexity index is 1270. The smallest absolute Gasteiger partial charge is 0.275 e. The number of carbonyl (C=O) groups is 1. The van der Waals surface area contributed by atoms with Gasteiger partial charge in [-0.1, -0.05) is 72.3 Å². The molecule has 0 aliphatic carbocycles. The summed E-state index contributed by atoms with van der Waals surface area (Å²) in [5.41, 5.74) is 4.20. The Morgan fingerprint density at radius 1 is 0.968 bits per heavy atom. The van der Waals surface area contributed by atoms with E-state index in [4.69, 9.17) is 16.3 Å². The van der Waals surface area contributed by atoms with E-state index in [2.05, 4.69) is 10.5 Å². The highest BCUT2D eigenvalue weighted by Gasteiger charge is 2.11. The van der Waals surface area contributed by atoms with Crippen molar-refractivity contribution in [1.29, 1.82) is 0 Å². The molecule has 0 fully saturated rings. The molecular weight excluding hydrogens is 412 g/mol. The second kappa shape index (κ2) is 9.32. The Balaban J connectivity index is 1.61. The van der Waals surface area contributed by atoms with Crippen molar-refractivity contribution in [3.05, 3.63) is 107 Å². The molecule has 0 unspecified atom stereocenters. The molecule has 31 heavy (non-hydrogen) atoms. The maximum atomic E-state index is 12.3. The van der Waals surface area contributed by atoms with Crippen molar-refractivity contribution in [2.24, 2.45) is 5.10 Å². The molecule has 0 aliphatic rings.